The van der Waals surface area contributed by atoms with E-state index < -0.39 is 0 Å². The lowest BCUT2D eigenvalue weighted by molar-refractivity contribution is -0.115. The number of carbonyl (C=O) groups excluding carboxylic acids is 1. The lowest BCUT2D eigenvalue weighted by Crippen LogP contribution is -2.38. The number of para-hydroxylation sites is 1. The van der Waals surface area contributed by atoms with Crippen LogP contribution in [0.5, 0.6) is 0 Å². The predicted octanol–water partition coefficient (Wildman–Crippen LogP) is 2.91. The van der Waals surface area contributed by atoms with E-state index in [2.05, 4.69) is 20.4 Å². The molecule has 2 heterocycles. The van der Waals surface area contributed by atoms with E-state index in [1.807, 2.05) is 30.5 Å². The van der Waals surface area contributed by atoms with Gasteiger partial charge in [0.1, 0.15) is 0 Å². The minimum absolute atomic E-state index is 0.123. The molecule has 1 aromatic carbocycles. The molecule has 1 fully saturated rings. The predicted molar refractivity (Wildman–Crippen MR) is 104 cm³/mol. The van der Waals surface area contributed by atoms with Crippen molar-refractivity contribution < 1.29 is 9.53 Å². The highest BCUT2D eigenvalue weighted by molar-refractivity contribution is 8.00. The Bertz CT molecular complexity index is 763. The van der Waals surface area contributed by atoms with Crippen molar-refractivity contribution in [3.05, 3.63) is 29.3 Å². The van der Waals surface area contributed by atoms with Crippen LogP contribution in [0.1, 0.15) is 13.8 Å². The number of anilines is 2. The first-order valence-corrected chi connectivity index (χ1v) is 9.84. The molecule has 1 N–H and O–H groups in total. The number of halogens is 1. The molecule has 2 aromatic rings. The average Bonchev–Trinajstić information content (AvgIpc) is 3.06. The number of nitrogens with zero attached hydrogens (tertiary/aromatic N) is 4. The normalized spacial score (nSPS) is 15.7. The third-order valence-electron chi connectivity index (χ3n) is 4.09. The number of amides is 1. The van der Waals surface area contributed by atoms with Crippen LogP contribution in [-0.4, -0.2) is 52.2 Å². The molecule has 1 aromatic heterocycles. The first kappa shape index (κ1) is 19.0. The number of benzene rings is 1. The van der Waals surface area contributed by atoms with Crippen LogP contribution in [0, 0.1) is 0 Å². The maximum absolute atomic E-state index is 12.5. The first-order valence-electron chi connectivity index (χ1n) is 8.58. The summed E-state index contributed by atoms with van der Waals surface area (Å²) in [6.45, 7) is 7.61. The molecule has 9 heteroatoms. The van der Waals surface area contributed by atoms with Crippen molar-refractivity contribution in [2.75, 3.05) is 36.5 Å². The number of ether oxygens (including phenoxy) is 1. The molecule has 1 atom stereocenters. The Morgan fingerprint density at radius 3 is 2.77 bits per heavy atom. The number of aromatic nitrogens is 3. The van der Waals surface area contributed by atoms with Crippen LogP contribution in [0.25, 0.3) is 0 Å². The summed E-state index contributed by atoms with van der Waals surface area (Å²) in [5.74, 6) is 0.707. The Morgan fingerprint density at radius 1 is 1.35 bits per heavy atom. The Kier molecular flexibility index (Phi) is 6.39. The molecular formula is C17H22ClN5O2S. The second-order valence-corrected chi connectivity index (χ2v) is 7.57. The van der Waals surface area contributed by atoms with Gasteiger partial charge in [0.2, 0.25) is 11.9 Å². The van der Waals surface area contributed by atoms with E-state index in [-0.39, 0.29) is 11.2 Å². The van der Waals surface area contributed by atoms with Crippen molar-refractivity contribution in [2.45, 2.75) is 30.8 Å². The standard InChI is InChI=1S/C17H22ClN5O2S/c1-3-23-16(22-8-10-25-11-9-22)20-21-17(23)26-12(2)15(24)19-14-7-5-4-6-13(14)18/h4-7,12H,3,8-11H2,1-2H3,(H,19,24)/t12-/m0/s1. The molecule has 26 heavy (non-hydrogen) atoms. The summed E-state index contributed by atoms with van der Waals surface area (Å²) >= 11 is 7.50. The Hall–Kier alpha value is -1.77. The van der Waals surface area contributed by atoms with E-state index in [1.165, 1.54) is 11.8 Å². The van der Waals surface area contributed by atoms with Crippen LogP contribution in [0.4, 0.5) is 11.6 Å². The molecule has 0 bridgehead atoms. The van der Waals surface area contributed by atoms with Gasteiger partial charge in [0.05, 0.1) is 29.2 Å². The van der Waals surface area contributed by atoms with Gasteiger partial charge in [0.15, 0.2) is 5.16 Å². The van der Waals surface area contributed by atoms with Gasteiger partial charge >= 0.3 is 0 Å². The summed E-state index contributed by atoms with van der Waals surface area (Å²) < 4.78 is 7.43. The lowest BCUT2D eigenvalue weighted by atomic mass is 10.3. The van der Waals surface area contributed by atoms with Crippen molar-refractivity contribution in [1.29, 1.82) is 0 Å². The smallest absolute Gasteiger partial charge is 0.237 e. The van der Waals surface area contributed by atoms with Gasteiger partial charge in [-0.25, -0.2) is 0 Å². The van der Waals surface area contributed by atoms with Crippen LogP contribution >= 0.6 is 23.4 Å². The van der Waals surface area contributed by atoms with Crippen molar-refractivity contribution in [3.8, 4) is 0 Å². The van der Waals surface area contributed by atoms with Crippen LogP contribution in [0.2, 0.25) is 5.02 Å². The number of carbonyl (C=O) groups is 1. The summed E-state index contributed by atoms with van der Waals surface area (Å²) in [6, 6.07) is 7.19. The van der Waals surface area contributed by atoms with Gasteiger partial charge in [-0.3, -0.25) is 9.36 Å². The first-order chi connectivity index (χ1) is 12.6. The van der Waals surface area contributed by atoms with Gasteiger partial charge < -0.3 is 15.0 Å². The largest absolute Gasteiger partial charge is 0.378 e. The van der Waals surface area contributed by atoms with Crippen molar-refractivity contribution in [1.82, 2.24) is 14.8 Å². The fourth-order valence-electron chi connectivity index (χ4n) is 2.65. The number of morpholine rings is 1. The molecule has 0 saturated carbocycles. The number of rotatable bonds is 6. The molecule has 0 aliphatic carbocycles. The maximum Gasteiger partial charge on any atom is 0.237 e. The fourth-order valence-corrected chi connectivity index (χ4v) is 3.74. The minimum atomic E-state index is -0.335. The van der Waals surface area contributed by atoms with Gasteiger partial charge in [-0.15, -0.1) is 10.2 Å². The molecular weight excluding hydrogens is 374 g/mol. The Morgan fingerprint density at radius 2 is 2.08 bits per heavy atom. The molecule has 0 unspecified atom stereocenters. The highest BCUT2D eigenvalue weighted by Crippen LogP contribution is 2.27. The molecule has 1 amide bonds. The molecule has 0 radical (unpaired) electrons. The Labute approximate surface area is 162 Å². The summed E-state index contributed by atoms with van der Waals surface area (Å²) in [7, 11) is 0. The number of hydrogen-bond donors (Lipinski definition) is 1. The topological polar surface area (TPSA) is 72.3 Å². The van der Waals surface area contributed by atoms with E-state index in [0.717, 1.165) is 30.7 Å². The third kappa shape index (κ3) is 4.31. The van der Waals surface area contributed by atoms with Crippen LogP contribution < -0.4 is 10.2 Å². The number of nitrogens with one attached hydrogen (secondary N) is 1. The molecule has 7 nitrogen and oxygen atoms in total. The quantitative estimate of drug-likeness (QED) is 0.758. The van der Waals surface area contributed by atoms with Crippen LogP contribution in [-0.2, 0) is 16.1 Å². The van der Waals surface area contributed by atoms with Crippen molar-refractivity contribution in [2.24, 2.45) is 0 Å². The highest BCUT2D eigenvalue weighted by atomic mass is 35.5. The van der Waals surface area contributed by atoms with E-state index in [4.69, 9.17) is 16.3 Å². The van der Waals surface area contributed by atoms with Crippen LogP contribution in [0.15, 0.2) is 29.4 Å². The summed E-state index contributed by atoms with van der Waals surface area (Å²) in [6.07, 6.45) is 0. The number of hydrogen-bond acceptors (Lipinski definition) is 6. The SMILES string of the molecule is CCn1c(S[C@@H](C)C(=O)Nc2ccccc2Cl)nnc1N1CCOCC1. The van der Waals surface area contributed by atoms with E-state index in [0.29, 0.717) is 23.9 Å². The molecule has 1 aliphatic heterocycles. The maximum atomic E-state index is 12.5. The monoisotopic (exact) mass is 395 g/mol. The van der Waals surface area contributed by atoms with Gasteiger partial charge in [-0.05, 0) is 26.0 Å². The van der Waals surface area contributed by atoms with Crippen molar-refractivity contribution >= 4 is 40.9 Å². The molecule has 0 spiro atoms. The van der Waals surface area contributed by atoms with Gasteiger partial charge in [0, 0.05) is 19.6 Å². The van der Waals surface area contributed by atoms with E-state index in [1.54, 1.807) is 12.1 Å². The minimum Gasteiger partial charge on any atom is -0.378 e. The molecule has 140 valence electrons. The summed E-state index contributed by atoms with van der Waals surface area (Å²) in [5.41, 5.74) is 0.609. The molecule has 1 saturated heterocycles. The number of thioether (sulfide) groups is 1. The Balaban J connectivity index is 1.68. The van der Waals surface area contributed by atoms with Gasteiger partial charge in [-0.2, -0.15) is 0 Å². The summed E-state index contributed by atoms with van der Waals surface area (Å²) in [5, 5.41) is 12.4. The molecule has 1 aliphatic rings. The zero-order chi connectivity index (χ0) is 18.5. The fraction of sp³-hybridized carbons (Fsp3) is 0.471. The van der Waals surface area contributed by atoms with Gasteiger partial charge in [0.25, 0.3) is 0 Å². The lowest BCUT2D eigenvalue weighted by Gasteiger charge is -2.27. The zero-order valence-electron chi connectivity index (χ0n) is 14.8. The second kappa shape index (κ2) is 8.75. The second-order valence-electron chi connectivity index (χ2n) is 5.86. The van der Waals surface area contributed by atoms with E-state index in [9.17, 15) is 4.79 Å². The summed E-state index contributed by atoms with van der Waals surface area (Å²) in [4.78, 5) is 14.7. The molecule has 3 rings (SSSR count). The van der Waals surface area contributed by atoms with Crippen molar-refractivity contribution in [3.63, 3.8) is 0 Å². The van der Waals surface area contributed by atoms with Crippen LogP contribution in [0.3, 0.4) is 0 Å². The highest BCUT2D eigenvalue weighted by Gasteiger charge is 2.23. The third-order valence-corrected chi connectivity index (χ3v) is 5.50. The van der Waals surface area contributed by atoms with Gasteiger partial charge in [-0.1, -0.05) is 35.5 Å². The zero-order valence-corrected chi connectivity index (χ0v) is 16.4. The average molecular weight is 396 g/mol. The van der Waals surface area contributed by atoms with E-state index >= 15 is 0 Å².